The summed E-state index contributed by atoms with van der Waals surface area (Å²) in [6.45, 7) is 3.77. The molecule has 1 saturated heterocycles. The van der Waals surface area contributed by atoms with Gasteiger partial charge in [-0.1, -0.05) is 43.2 Å². The second-order valence-corrected chi connectivity index (χ2v) is 11.4. The Morgan fingerprint density at radius 2 is 1.78 bits per heavy atom. The van der Waals surface area contributed by atoms with Gasteiger partial charge in [0.2, 0.25) is 5.79 Å². The van der Waals surface area contributed by atoms with E-state index in [9.17, 15) is 39.3 Å². The number of aliphatic carboxylic acids is 1. The third-order valence-corrected chi connectivity index (χ3v) is 8.84. The molecule has 41 heavy (non-hydrogen) atoms. The van der Waals surface area contributed by atoms with Crippen molar-refractivity contribution in [3.05, 3.63) is 47.1 Å². The minimum Gasteiger partial charge on any atom is -0.481 e. The molecule has 2 heterocycles. The van der Waals surface area contributed by atoms with Crippen LogP contribution >= 0.6 is 0 Å². The summed E-state index contributed by atoms with van der Waals surface area (Å²) in [5.41, 5.74) is -2.19. The van der Waals surface area contributed by atoms with Gasteiger partial charge in [-0.2, -0.15) is 0 Å². The molecule has 0 unspecified atom stereocenters. The molecule has 1 fully saturated rings. The predicted molar refractivity (Wildman–Crippen MR) is 145 cm³/mol. The Morgan fingerprint density at radius 1 is 1.07 bits per heavy atom. The lowest BCUT2D eigenvalue weighted by Gasteiger charge is -2.45. The number of aliphatic hydroxyl groups is 2. The van der Waals surface area contributed by atoms with Crippen LogP contribution in [0.5, 0.6) is 0 Å². The number of rotatable bonds is 14. The largest absolute Gasteiger partial charge is 0.481 e. The Morgan fingerprint density at radius 3 is 2.46 bits per heavy atom. The number of aliphatic hydroxyl groups excluding tert-OH is 1. The van der Waals surface area contributed by atoms with E-state index in [0.29, 0.717) is 12.8 Å². The van der Waals surface area contributed by atoms with E-state index in [4.69, 9.17) is 9.47 Å². The zero-order valence-electron chi connectivity index (χ0n) is 23.5. The van der Waals surface area contributed by atoms with Gasteiger partial charge in [0.1, 0.15) is 11.5 Å². The highest BCUT2D eigenvalue weighted by molar-refractivity contribution is 6.14. The van der Waals surface area contributed by atoms with Crippen LogP contribution in [0.4, 0.5) is 0 Å². The first kappa shape index (κ1) is 30.6. The highest BCUT2D eigenvalue weighted by atomic mass is 16.7. The molecule has 0 aromatic heterocycles. The first-order valence-corrected chi connectivity index (χ1v) is 14.3. The number of carbonyl (C=O) groups excluding carboxylic acids is 4. The zero-order valence-corrected chi connectivity index (χ0v) is 23.5. The van der Waals surface area contributed by atoms with Crippen molar-refractivity contribution in [1.82, 2.24) is 0 Å². The van der Waals surface area contributed by atoms with Gasteiger partial charge in [-0.3, -0.25) is 14.4 Å². The Balaban J connectivity index is 1.80. The molecule has 10 heteroatoms. The number of cyclic esters (lactones) is 2. The fraction of sp³-hybridized carbons (Fsp3) is 0.581. The summed E-state index contributed by atoms with van der Waals surface area (Å²) < 4.78 is 10.4. The molecule has 10 nitrogen and oxygen atoms in total. The number of fused-ring (bicyclic) bond motifs is 1. The maximum atomic E-state index is 13.4. The number of allylic oxidation sites excluding steroid dienone is 5. The van der Waals surface area contributed by atoms with E-state index in [1.165, 1.54) is 0 Å². The molecule has 6 atom stereocenters. The van der Waals surface area contributed by atoms with Gasteiger partial charge in [-0.25, -0.2) is 9.59 Å². The molecule has 0 amide bonds. The molecule has 4 bridgehead atoms. The lowest BCUT2D eigenvalue weighted by molar-refractivity contribution is -0.206. The van der Waals surface area contributed by atoms with E-state index in [0.717, 1.165) is 25.7 Å². The summed E-state index contributed by atoms with van der Waals surface area (Å²) in [5.74, 6) is -9.70. The second kappa shape index (κ2) is 12.2. The van der Waals surface area contributed by atoms with Crippen LogP contribution in [-0.2, 0) is 33.4 Å². The fourth-order valence-corrected chi connectivity index (χ4v) is 6.96. The molecule has 0 aromatic rings. The molecule has 222 valence electrons. The monoisotopic (exact) mass is 570 g/mol. The van der Waals surface area contributed by atoms with Gasteiger partial charge in [0.15, 0.2) is 5.78 Å². The summed E-state index contributed by atoms with van der Waals surface area (Å²) in [7, 11) is 0. The third kappa shape index (κ3) is 5.59. The number of carboxylic acid groups (broad SMARTS) is 1. The van der Waals surface area contributed by atoms with Crippen molar-refractivity contribution in [2.75, 3.05) is 0 Å². The van der Waals surface area contributed by atoms with Crippen molar-refractivity contribution in [3.63, 3.8) is 0 Å². The Labute approximate surface area is 238 Å². The van der Waals surface area contributed by atoms with Crippen LogP contribution in [0.2, 0.25) is 0 Å². The molecule has 4 rings (SSSR count). The van der Waals surface area contributed by atoms with E-state index in [2.05, 4.69) is 6.08 Å². The number of Topliss-reactive ketones (excluding diaryl/α,β-unsaturated/α-hetero) is 1. The summed E-state index contributed by atoms with van der Waals surface area (Å²) in [4.78, 5) is 64.1. The number of unbranched alkanes of at least 4 members (excludes halogenated alkanes) is 3. The Hall–Kier alpha value is -3.37. The second-order valence-electron chi connectivity index (χ2n) is 11.4. The average Bonchev–Trinajstić information content (AvgIpc) is 3.26. The van der Waals surface area contributed by atoms with Crippen LogP contribution < -0.4 is 0 Å². The average molecular weight is 571 g/mol. The summed E-state index contributed by atoms with van der Waals surface area (Å²) in [6, 6.07) is 0. The topological polar surface area (TPSA) is 164 Å². The van der Waals surface area contributed by atoms with Crippen molar-refractivity contribution in [3.8, 4) is 0 Å². The molecular formula is C31H38O10. The zero-order chi connectivity index (χ0) is 29.9. The third-order valence-electron chi connectivity index (χ3n) is 8.84. The molecule has 2 aliphatic heterocycles. The van der Waals surface area contributed by atoms with E-state index < -0.39 is 77.6 Å². The van der Waals surface area contributed by atoms with Gasteiger partial charge in [0.05, 0.1) is 23.5 Å². The van der Waals surface area contributed by atoms with E-state index in [-0.39, 0.29) is 29.6 Å². The van der Waals surface area contributed by atoms with Crippen molar-refractivity contribution < 1.29 is 48.8 Å². The van der Waals surface area contributed by atoms with Crippen molar-refractivity contribution in [2.45, 2.75) is 89.9 Å². The smallest absolute Gasteiger partial charge is 0.343 e. The van der Waals surface area contributed by atoms with Gasteiger partial charge < -0.3 is 24.8 Å². The van der Waals surface area contributed by atoms with Crippen LogP contribution in [0.1, 0.15) is 78.1 Å². The van der Waals surface area contributed by atoms with Gasteiger partial charge in [0.25, 0.3) is 0 Å². The van der Waals surface area contributed by atoms with Crippen LogP contribution in [0.3, 0.4) is 0 Å². The summed E-state index contributed by atoms with van der Waals surface area (Å²) >= 11 is 0. The standard InChI is InChI=1S/C31H38O10/c1-3-5-7-8-9-11-12-18-14-23-30(17-24(34)35)16-20-25(28(37)40-27(20)36)26(31(23,39)41-29(30)38)19(18)15-22(33)21(32)13-10-6-4-2/h3-6,14,18-19,22,26,33,39H,7-13,15-17H2,1-2H3,(H,34,35)/b5-3+,6-4+/t18-,19+,22-,26+,30-,31+/m1/s1. The van der Waals surface area contributed by atoms with Crippen LogP contribution in [0, 0.1) is 23.2 Å². The fourth-order valence-electron chi connectivity index (χ4n) is 6.96. The highest BCUT2D eigenvalue weighted by Gasteiger charge is 2.72. The van der Waals surface area contributed by atoms with E-state index in [1.807, 2.05) is 26.0 Å². The maximum Gasteiger partial charge on any atom is 0.343 e. The first-order valence-electron chi connectivity index (χ1n) is 14.3. The van der Waals surface area contributed by atoms with Crippen LogP contribution in [0.25, 0.3) is 0 Å². The van der Waals surface area contributed by atoms with Gasteiger partial charge in [-0.05, 0) is 57.8 Å². The highest BCUT2D eigenvalue weighted by Crippen LogP contribution is 2.64. The lowest BCUT2D eigenvalue weighted by Crippen LogP contribution is -2.51. The number of carboxylic acids is 1. The predicted octanol–water partition coefficient (Wildman–Crippen LogP) is 3.47. The SMILES string of the molecule is C/C=C/CCCCC[C@@H]1C=C2[C@]3(CC(=O)O)CC4=C(C(=O)OC4=O)[C@H]([C@H]1C[C@@H](O)C(=O)CC/C=C/C)[C@@]2(O)OC3=O. The maximum absolute atomic E-state index is 13.4. The first-order chi connectivity index (χ1) is 19.5. The minimum absolute atomic E-state index is 0.0291. The lowest BCUT2D eigenvalue weighted by atomic mass is 9.61. The Kier molecular flexibility index (Phi) is 9.13. The van der Waals surface area contributed by atoms with Crippen LogP contribution in [-0.4, -0.2) is 56.9 Å². The van der Waals surface area contributed by atoms with Crippen molar-refractivity contribution in [1.29, 1.82) is 0 Å². The normalized spacial score (nSPS) is 31.3. The molecule has 2 aliphatic carbocycles. The molecule has 0 saturated carbocycles. The molecule has 0 aromatic carbocycles. The van der Waals surface area contributed by atoms with Crippen molar-refractivity contribution >= 4 is 29.7 Å². The number of hydrogen-bond acceptors (Lipinski definition) is 9. The summed E-state index contributed by atoms with van der Waals surface area (Å²) in [6.07, 6.45) is 11.0. The quantitative estimate of drug-likeness (QED) is 0.122. The number of ether oxygens (including phenoxy) is 2. The number of hydrogen-bond donors (Lipinski definition) is 3. The van der Waals surface area contributed by atoms with Gasteiger partial charge in [0, 0.05) is 18.4 Å². The number of ketones is 1. The number of esters is 3. The Bertz CT molecular complexity index is 1240. The van der Waals surface area contributed by atoms with E-state index >= 15 is 0 Å². The van der Waals surface area contributed by atoms with Gasteiger partial charge in [-0.15, -0.1) is 0 Å². The molecule has 4 aliphatic rings. The molecule has 0 radical (unpaired) electrons. The molecular weight excluding hydrogens is 532 g/mol. The van der Waals surface area contributed by atoms with Gasteiger partial charge >= 0.3 is 23.9 Å². The van der Waals surface area contributed by atoms with Crippen LogP contribution in [0.15, 0.2) is 47.1 Å². The molecule has 0 spiro atoms. The number of carbonyl (C=O) groups is 5. The molecule has 3 N–H and O–H groups in total. The summed E-state index contributed by atoms with van der Waals surface area (Å²) in [5, 5.41) is 32.8. The van der Waals surface area contributed by atoms with Crippen molar-refractivity contribution in [2.24, 2.45) is 23.2 Å². The minimum atomic E-state index is -2.42. The van der Waals surface area contributed by atoms with E-state index in [1.54, 1.807) is 12.2 Å².